The molecule has 24 heavy (non-hydrogen) atoms. The van der Waals surface area contributed by atoms with Gasteiger partial charge in [-0.25, -0.2) is 0 Å². The van der Waals surface area contributed by atoms with E-state index in [-0.39, 0.29) is 34.7 Å². The summed E-state index contributed by atoms with van der Waals surface area (Å²) < 4.78 is 2.29. The van der Waals surface area contributed by atoms with Crippen molar-refractivity contribution >= 4 is 38.9 Å². The molecular formula is C18H19NO4S. The quantitative estimate of drug-likeness (QED) is 0.619. The maximum Gasteiger partial charge on any atom is 0.307 e. The Bertz CT molecular complexity index is 928. The summed E-state index contributed by atoms with van der Waals surface area (Å²) in [4.78, 5) is 49.4. The Hall–Kier alpha value is -2.08. The van der Waals surface area contributed by atoms with Gasteiger partial charge in [0.05, 0.1) is 10.2 Å². The van der Waals surface area contributed by atoms with Gasteiger partial charge in [0, 0.05) is 25.5 Å². The van der Waals surface area contributed by atoms with Crippen LogP contribution in [0.4, 0.5) is 0 Å². The molecule has 6 heteroatoms. The molecule has 1 saturated carbocycles. The van der Waals surface area contributed by atoms with E-state index in [0.29, 0.717) is 16.6 Å². The Morgan fingerprint density at radius 3 is 2.33 bits per heavy atom. The molecular weight excluding hydrogens is 326 g/mol. The Morgan fingerprint density at radius 1 is 1.17 bits per heavy atom. The van der Waals surface area contributed by atoms with Crippen LogP contribution in [0.25, 0.3) is 10.2 Å². The third-order valence-corrected chi connectivity index (χ3v) is 5.68. The molecule has 0 amide bonds. The number of hydrogen-bond donors (Lipinski definition) is 0. The smallest absolute Gasteiger partial charge is 0.301 e. The first-order valence-electron chi connectivity index (χ1n) is 7.81. The summed E-state index contributed by atoms with van der Waals surface area (Å²) in [6.07, 6.45) is 0.459. The Labute approximate surface area is 143 Å². The van der Waals surface area contributed by atoms with E-state index >= 15 is 0 Å². The zero-order chi connectivity index (χ0) is 17.8. The number of rotatable bonds is 2. The second-order valence-corrected chi connectivity index (χ2v) is 8.25. The number of fused-ring (bicyclic) bond motifs is 1. The van der Waals surface area contributed by atoms with Gasteiger partial charge >= 0.3 is 4.87 Å². The first kappa shape index (κ1) is 16.8. The normalized spacial score (nSPS) is 18.3. The van der Waals surface area contributed by atoms with Crippen molar-refractivity contribution in [2.24, 2.45) is 18.4 Å². The van der Waals surface area contributed by atoms with Crippen LogP contribution in [-0.2, 0) is 16.6 Å². The molecule has 0 unspecified atom stereocenters. The number of benzene rings is 1. The number of carbonyl (C=O) groups is 3. The molecule has 0 bridgehead atoms. The van der Waals surface area contributed by atoms with Crippen LogP contribution >= 0.6 is 11.3 Å². The minimum absolute atomic E-state index is 0.107. The Kier molecular flexibility index (Phi) is 3.83. The molecule has 5 nitrogen and oxygen atoms in total. The monoisotopic (exact) mass is 345 g/mol. The van der Waals surface area contributed by atoms with Crippen LogP contribution in [0.15, 0.2) is 16.9 Å². The van der Waals surface area contributed by atoms with Crippen molar-refractivity contribution in [2.45, 2.75) is 33.6 Å². The Morgan fingerprint density at radius 2 is 1.75 bits per heavy atom. The lowest BCUT2D eigenvalue weighted by atomic mass is 9.69. The van der Waals surface area contributed by atoms with Crippen LogP contribution in [0.3, 0.4) is 0 Å². The molecule has 0 radical (unpaired) electrons. The van der Waals surface area contributed by atoms with E-state index in [2.05, 4.69) is 0 Å². The second-order valence-electron chi connectivity index (χ2n) is 7.26. The zero-order valence-corrected chi connectivity index (χ0v) is 15.0. The summed E-state index contributed by atoms with van der Waals surface area (Å²) in [6, 6.07) is 3.33. The number of Topliss-reactive ketones (excluding diaryl/α,β-unsaturated/α-hetero) is 3. The van der Waals surface area contributed by atoms with Crippen molar-refractivity contribution in [1.82, 2.24) is 4.57 Å². The van der Waals surface area contributed by atoms with Crippen molar-refractivity contribution in [3.63, 3.8) is 0 Å². The molecule has 0 spiro atoms. The summed E-state index contributed by atoms with van der Waals surface area (Å²) in [6.45, 7) is 5.48. The van der Waals surface area contributed by atoms with Gasteiger partial charge in [-0.05, 0) is 30.0 Å². The van der Waals surface area contributed by atoms with E-state index in [0.717, 1.165) is 16.0 Å². The predicted octanol–water partition coefficient (Wildman–Crippen LogP) is 2.67. The summed E-state index contributed by atoms with van der Waals surface area (Å²) in [5.74, 6) is -2.26. The van der Waals surface area contributed by atoms with Gasteiger partial charge in [0.25, 0.3) is 0 Å². The fourth-order valence-electron chi connectivity index (χ4n) is 3.53. The van der Waals surface area contributed by atoms with Gasteiger partial charge in [0.1, 0.15) is 5.92 Å². The van der Waals surface area contributed by atoms with Crippen molar-refractivity contribution in [3.8, 4) is 0 Å². The number of carbonyl (C=O) groups excluding carboxylic acids is 3. The standard InChI is InChI=1S/C18H19NO4S/c1-9-10(5-6-13-15(9)19(4)17(23)24-13)16(22)14-11(20)7-18(2,3)8-12(14)21/h5-6,14H,7-8H2,1-4H3. The van der Waals surface area contributed by atoms with E-state index < -0.39 is 11.7 Å². The molecule has 0 atom stereocenters. The van der Waals surface area contributed by atoms with Crippen LogP contribution in [0, 0.1) is 18.3 Å². The molecule has 1 aromatic carbocycles. The average molecular weight is 345 g/mol. The van der Waals surface area contributed by atoms with Gasteiger partial charge < -0.3 is 4.57 Å². The van der Waals surface area contributed by atoms with Crippen LogP contribution in [-0.4, -0.2) is 21.9 Å². The Balaban J connectivity index is 2.08. The molecule has 1 fully saturated rings. The van der Waals surface area contributed by atoms with Crippen LogP contribution in [0.2, 0.25) is 0 Å². The minimum atomic E-state index is -1.20. The van der Waals surface area contributed by atoms with Crippen molar-refractivity contribution < 1.29 is 14.4 Å². The van der Waals surface area contributed by atoms with E-state index in [1.807, 2.05) is 13.8 Å². The molecule has 0 aliphatic heterocycles. The molecule has 1 aliphatic rings. The lowest BCUT2D eigenvalue weighted by Gasteiger charge is -2.31. The molecule has 1 heterocycles. The summed E-state index contributed by atoms with van der Waals surface area (Å²) in [5, 5.41) is 0. The maximum atomic E-state index is 12.9. The topological polar surface area (TPSA) is 73.2 Å². The van der Waals surface area contributed by atoms with Gasteiger partial charge in [-0.15, -0.1) is 0 Å². The molecule has 1 aromatic heterocycles. The minimum Gasteiger partial charge on any atom is -0.301 e. The third-order valence-electron chi connectivity index (χ3n) is 4.68. The first-order chi connectivity index (χ1) is 11.1. The number of hydrogen-bond acceptors (Lipinski definition) is 5. The lowest BCUT2D eigenvalue weighted by Crippen LogP contribution is -2.42. The second kappa shape index (κ2) is 5.48. The summed E-state index contributed by atoms with van der Waals surface area (Å²) >= 11 is 1.11. The highest BCUT2D eigenvalue weighted by Crippen LogP contribution is 2.36. The van der Waals surface area contributed by atoms with Gasteiger partial charge in [0.2, 0.25) is 0 Å². The fourth-order valence-corrected chi connectivity index (χ4v) is 4.47. The molecule has 2 aromatic rings. The van der Waals surface area contributed by atoms with Crippen molar-refractivity contribution in [3.05, 3.63) is 32.9 Å². The number of aryl methyl sites for hydroxylation is 2. The van der Waals surface area contributed by atoms with E-state index in [1.165, 1.54) is 4.57 Å². The van der Waals surface area contributed by atoms with E-state index in [4.69, 9.17) is 0 Å². The lowest BCUT2D eigenvalue weighted by molar-refractivity contribution is -0.137. The first-order valence-corrected chi connectivity index (χ1v) is 8.63. The molecule has 1 aliphatic carbocycles. The summed E-state index contributed by atoms with van der Waals surface area (Å²) in [7, 11) is 1.65. The van der Waals surface area contributed by atoms with Crippen molar-refractivity contribution in [1.29, 1.82) is 0 Å². The average Bonchev–Trinajstić information content (AvgIpc) is 2.72. The van der Waals surface area contributed by atoms with Crippen LogP contribution < -0.4 is 4.87 Å². The summed E-state index contributed by atoms with van der Waals surface area (Å²) in [5.41, 5.74) is 1.29. The fraction of sp³-hybridized carbons (Fsp3) is 0.444. The SMILES string of the molecule is Cc1c(C(=O)C2C(=O)CC(C)(C)CC2=O)ccc2sc(=O)n(C)c12. The highest BCUT2D eigenvalue weighted by atomic mass is 32.1. The van der Waals surface area contributed by atoms with E-state index in [9.17, 15) is 19.2 Å². The van der Waals surface area contributed by atoms with Crippen LogP contribution in [0.1, 0.15) is 42.6 Å². The van der Waals surface area contributed by atoms with E-state index in [1.54, 1.807) is 26.1 Å². The predicted molar refractivity (Wildman–Crippen MR) is 92.7 cm³/mol. The molecule has 0 N–H and O–H groups in total. The van der Waals surface area contributed by atoms with Crippen LogP contribution in [0.5, 0.6) is 0 Å². The maximum absolute atomic E-state index is 12.9. The van der Waals surface area contributed by atoms with Crippen molar-refractivity contribution in [2.75, 3.05) is 0 Å². The number of aromatic nitrogens is 1. The third kappa shape index (κ3) is 2.55. The highest BCUT2D eigenvalue weighted by molar-refractivity contribution is 7.16. The van der Waals surface area contributed by atoms with Gasteiger partial charge in [-0.2, -0.15) is 0 Å². The van der Waals surface area contributed by atoms with Gasteiger partial charge in [-0.1, -0.05) is 25.2 Å². The van der Waals surface area contributed by atoms with Gasteiger partial charge in [-0.3, -0.25) is 19.2 Å². The molecule has 0 saturated heterocycles. The zero-order valence-electron chi connectivity index (χ0n) is 14.1. The number of thiazole rings is 1. The van der Waals surface area contributed by atoms with Gasteiger partial charge in [0.15, 0.2) is 17.3 Å². The molecule has 3 rings (SSSR count). The highest BCUT2D eigenvalue weighted by Gasteiger charge is 2.43. The number of nitrogens with zero attached hydrogens (tertiary/aromatic N) is 1. The molecule has 126 valence electrons. The number of ketones is 3. The largest absolute Gasteiger partial charge is 0.307 e.